The quantitative estimate of drug-likeness (QED) is 0.437. The van der Waals surface area contributed by atoms with Crippen molar-refractivity contribution < 1.29 is 4.39 Å². The van der Waals surface area contributed by atoms with Gasteiger partial charge in [0.2, 0.25) is 0 Å². The van der Waals surface area contributed by atoms with Crippen LogP contribution in [-0.4, -0.2) is 50.4 Å². The first kappa shape index (κ1) is 20.9. The maximum atomic E-state index is 14.0. The van der Waals surface area contributed by atoms with Crippen molar-refractivity contribution >= 4 is 17.9 Å². The van der Waals surface area contributed by atoms with Gasteiger partial charge < -0.3 is 4.90 Å². The Morgan fingerprint density at radius 1 is 1.19 bits per heavy atom. The molecule has 158 valence electrons. The summed E-state index contributed by atoms with van der Waals surface area (Å²) in [5.41, 5.74) is 1.64. The average Bonchev–Trinajstić information content (AvgIpc) is 3.10. The number of hydrogen-bond donors (Lipinski definition) is 0. The first-order valence-corrected chi connectivity index (χ1v) is 10.4. The van der Waals surface area contributed by atoms with E-state index in [4.69, 9.17) is 17.3 Å². The Morgan fingerprint density at radius 3 is 2.68 bits per heavy atom. The Morgan fingerprint density at radius 2 is 2.00 bits per heavy atom. The van der Waals surface area contributed by atoms with Gasteiger partial charge in [-0.15, -0.1) is 6.58 Å². The molecule has 0 amide bonds. The summed E-state index contributed by atoms with van der Waals surface area (Å²) in [5.74, 6) is 0.277. The minimum absolute atomic E-state index is 0.0995. The summed E-state index contributed by atoms with van der Waals surface area (Å²) in [6.45, 7) is 7.82. The van der Waals surface area contributed by atoms with Crippen LogP contribution >= 0.6 is 12.2 Å². The molecule has 9 heteroatoms. The third-order valence-corrected chi connectivity index (χ3v) is 5.74. The Kier molecular flexibility index (Phi) is 6.21. The van der Waals surface area contributed by atoms with E-state index in [1.165, 1.54) is 6.07 Å². The molecular formula is C22H22FN7S. The SMILES string of the molecule is C=CCn1c(-c2cccnc2)nn(CN2CCN(c3cccc(F)c3C#N)CC2)c1=S. The molecule has 0 bridgehead atoms. The van der Waals surface area contributed by atoms with Gasteiger partial charge in [0.05, 0.1) is 12.4 Å². The Balaban J connectivity index is 1.50. The average molecular weight is 436 g/mol. The first-order valence-electron chi connectivity index (χ1n) is 9.97. The number of piperazine rings is 1. The highest BCUT2D eigenvalue weighted by Gasteiger charge is 2.22. The highest BCUT2D eigenvalue weighted by atomic mass is 32.1. The van der Waals surface area contributed by atoms with Crippen LogP contribution in [0.3, 0.4) is 0 Å². The number of pyridine rings is 1. The fraction of sp³-hybridized carbons (Fsp3) is 0.273. The summed E-state index contributed by atoms with van der Waals surface area (Å²) in [6, 6.07) is 10.6. The zero-order valence-electron chi connectivity index (χ0n) is 17.0. The van der Waals surface area contributed by atoms with Crippen LogP contribution in [-0.2, 0) is 13.2 Å². The van der Waals surface area contributed by atoms with Crippen LogP contribution in [0.1, 0.15) is 5.56 Å². The molecule has 31 heavy (non-hydrogen) atoms. The van der Waals surface area contributed by atoms with E-state index in [2.05, 4.69) is 21.4 Å². The van der Waals surface area contributed by atoms with E-state index in [1.54, 1.807) is 30.6 Å². The van der Waals surface area contributed by atoms with E-state index in [0.29, 0.717) is 36.8 Å². The van der Waals surface area contributed by atoms with Crippen LogP contribution in [0.15, 0.2) is 55.4 Å². The van der Waals surface area contributed by atoms with Crippen molar-refractivity contribution in [2.24, 2.45) is 0 Å². The van der Waals surface area contributed by atoms with E-state index >= 15 is 0 Å². The van der Waals surface area contributed by atoms with Gasteiger partial charge in [-0.05, 0) is 36.5 Å². The number of nitrogens with zero attached hydrogens (tertiary/aromatic N) is 7. The molecule has 0 atom stereocenters. The highest BCUT2D eigenvalue weighted by Crippen LogP contribution is 2.24. The van der Waals surface area contributed by atoms with Crippen LogP contribution in [0.4, 0.5) is 10.1 Å². The minimum atomic E-state index is -0.482. The van der Waals surface area contributed by atoms with E-state index in [0.717, 1.165) is 24.5 Å². The molecular weight excluding hydrogens is 413 g/mol. The number of nitriles is 1. The Labute approximate surface area is 185 Å². The van der Waals surface area contributed by atoms with Gasteiger partial charge in [-0.25, -0.2) is 9.07 Å². The normalized spacial score (nSPS) is 14.4. The fourth-order valence-electron chi connectivity index (χ4n) is 3.74. The summed E-state index contributed by atoms with van der Waals surface area (Å²) in [5, 5.41) is 14.1. The standard InChI is InChI=1S/C22H22FN7S/c1-2-9-29-21(17-5-4-8-25-15-17)26-30(22(29)31)16-27-10-12-28(13-11-27)20-7-3-6-19(23)18(20)14-24/h2-8,15H,1,9-13,16H2. The van der Waals surface area contributed by atoms with Gasteiger partial charge in [-0.3, -0.25) is 14.5 Å². The van der Waals surface area contributed by atoms with Crippen molar-refractivity contribution in [3.63, 3.8) is 0 Å². The summed E-state index contributed by atoms with van der Waals surface area (Å²) in [4.78, 5) is 8.48. The molecule has 1 aliphatic heterocycles. The summed E-state index contributed by atoms with van der Waals surface area (Å²) in [7, 11) is 0. The lowest BCUT2D eigenvalue weighted by molar-refractivity contribution is 0.194. The van der Waals surface area contributed by atoms with Crippen LogP contribution in [0.25, 0.3) is 11.4 Å². The van der Waals surface area contributed by atoms with Gasteiger partial charge in [0, 0.05) is 50.7 Å². The second-order valence-corrected chi connectivity index (χ2v) is 7.60. The molecule has 3 aromatic rings. The molecule has 0 N–H and O–H groups in total. The molecule has 1 aliphatic rings. The van der Waals surface area contributed by atoms with Crippen molar-refractivity contribution in [2.45, 2.75) is 13.2 Å². The number of benzene rings is 1. The second-order valence-electron chi connectivity index (χ2n) is 7.24. The molecule has 3 heterocycles. The molecule has 4 rings (SSSR count). The molecule has 2 aromatic heterocycles. The predicted molar refractivity (Wildman–Crippen MR) is 119 cm³/mol. The Hall–Kier alpha value is -3.35. The van der Waals surface area contributed by atoms with Crippen LogP contribution in [0.2, 0.25) is 0 Å². The lowest BCUT2D eigenvalue weighted by Gasteiger charge is -2.36. The Bertz CT molecular complexity index is 1170. The maximum absolute atomic E-state index is 14.0. The van der Waals surface area contributed by atoms with E-state index in [1.807, 2.05) is 27.5 Å². The summed E-state index contributed by atoms with van der Waals surface area (Å²) >= 11 is 5.67. The van der Waals surface area contributed by atoms with Gasteiger partial charge >= 0.3 is 0 Å². The van der Waals surface area contributed by atoms with Gasteiger partial charge in [0.1, 0.15) is 17.4 Å². The molecule has 0 spiro atoms. The third kappa shape index (κ3) is 4.26. The molecule has 0 radical (unpaired) electrons. The molecule has 0 saturated carbocycles. The molecule has 1 fully saturated rings. The molecule has 0 unspecified atom stereocenters. The zero-order chi connectivity index (χ0) is 21.8. The topological polar surface area (TPSA) is 65.9 Å². The molecule has 7 nitrogen and oxygen atoms in total. The fourth-order valence-corrected chi connectivity index (χ4v) is 4.00. The smallest absolute Gasteiger partial charge is 0.199 e. The second kappa shape index (κ2) is 9.20. The minimum Gasteiger partial charge on any atom is -0.368 e. The third-order valence-electron chi connectivity index (χ3n) is 5.30. The van der Waals surface area contributed by atoms with Crippen molar-refractivity contribution in [3.8, 4) is 17.5 Å². The van der Waals surface area contributed by atoms with Gasteiger partial charge in [0.15, 0.2) is 10.6 Å². The van der Waals surface area contributed by atoms with Gasteiger partial charge in [0.25, 0.3) is 0 Å². The number of hydrogen-bond acceptors (Lipinski definition) is 6. The number of aromatic nitrogens is 4. The van der Waals surface area contributed by atoms with Crippen molar-refractivity contribution in [3.05, 3.63) is 71.5 Å². The number of halogens is 1. The molecule has 1 saturated heterocycles. The largest absolute Gasteiger partial charge is 0.368 e. The van der Waals surface area contributed by atoms with Crippen molar-refractivity contribution in [1.82, 2.24) is 24.2 Å². The lowest BCUT2D eigenvalue weighted by Crippen LogP contribution is -2.47. The summed E-state index contributed by atoms with van der Waals surface area (Å²) in [6.07, 6.45) is 5.29. The predicted octanol–water partition coefficient (Wildman–Crippen LogP) is 3.45. The van der Waals surface area contributed by atoms with Gasteiger partial charge in [-0.1, -0.05) is 12.1 Å². The van der Waals surface area contributed by atoms with Crippen LogP contribution in [0.5, 0.6) is 0 Å². The van der Waals surface area contributed by atoms with E-state index in [-0.39, 0.29) is 5.56 Å². The van der Waals surface area contributed by atoms with Crippen LogP contribution < -0.4 is 4.90 Å². The maximum Gasteiger partial charge on any atom is 0.199 e. The first-order chi connectivity index (χ1) is 15.1. The van der Waals surface area contributed by atoms with E-state index in [9.17, 15) is 9.65 Å². The molecule has 0 aliphatic carbocycles. The van der Waals surface area contributed by atoms with Crippen molar-refractivity contribution in [2.75, 3.05) is 31.1 Å². The van der Waals surface area contributed by atoms with Crippen molar-refractivity contribution in [1.29, 1.82) is 5.26 Å². The number of allylic oxidation sites excluding steroid dienone is 1. The lowest BCUT2D eigenvalue weighted by atomic mass is 10.1. The monoisotopic (exact) mass is 435 g/mol. The van der Waals surface area contributed by atoms with Crippen LogP contribution in [0, 0.1) is 21.9 Å². The zero-order valence-corrected chi connectivity index (χ0v) is 17.8. The number of rotatable bonds is 6. The molecule has 1 aromatic carbocycles. The van der Waals surface area contributed by atoms with Gasteiger partial charge in [-0.2, -0.15) is 10.4 Å². The summed E-state index contributed by atoms with van der Waals surface area (Å²) < 4.78 is 18.3. The number of anilines is 1. The highest BCUT2D eigenvalue weighted by molar-refractivity contribution is 7.71. The van der Waals surface area contributed by atoms with E-state index < -0.39 is 5.82 Å².